The molecule has 0 saturated carbocycles. The molecular formula is C14H12ClN3O2S2. The number of aromatic nitrogens is 2. The van der Waals surface area contributed by atoms with Crippen molar-refractivity contribution in [3.63, 3.8) is 0 Å². The van der Waals surface area contributed by atoms with E-state index in [1.165, 1.54) is 11.3 Å². The molecule has 0 amide bonds. The highest BCUT2D eigenvalue weighted by molar-refractivity contribution is 7.94. The number of aryl methyl sites for hydroxylation is 1. The largest absolute Gasteiger partial charge is 0.279 e. The van der Waals surface area contributed by atoms with Gasteiger partial charge in [-0.1, -0.05) is 17.7 Å². The summed E-state index contributed by atoms with van der Waals surface area (Å²) in [5, 5.41) is 7.15. The number of thiophene rings is 1. The Balaban J connectivity index is 1.92. The predicted octanol–water partition coefficient (Wildman–Crippen LogP) is 3.90. The van der Waals surface area contributed by atoms with Gasteiger partial charge in [0.15, 0.2) is 0 Å². The average molecular weight is 354 g/mol. The van der Waals surface area contributed by atoms with Gasteiger partial charge in [-0.2, -0.15) is 5.10 Å². The number of rotatable bonds is 4. The number of H-pyrrole nitrogens is 1. The Morgan fingerprint density at radius 3 is 2.77 bits per heavy atom. The summed E-state index contributed by atoms with van der Waals surface area (Å²) < 4.78 is 27.8. The average Bonchev–Trinajstić information content (AvgIpc) is 3.12. The smallest absolute Gasteiger partial charge is 0.271 e. The van der Waals surface area contributed by atoms with Gasteiger partial charge in [0.05, 0.1) is 16.3 Å². The molecular weight excluding hydrogens is 342 g/mol. The molecule has 0 saturated heterocycles. The Kier molecular flexibility index (Phi) is 3.94. The van der Waals surface area contributed by atoms with Crippen LogP contribution in [-0.4, -0.2) is 18.6 Å². The molecule has 3 aromatic rings. The number of hydrogen-bond acceptors (Lipinski definition) is 4. The van der Waals surface area contributed by atoms with Crippen molar-refractivity contribution in [3.05, 3.63) is 53.2 Å². The zero-order valence-corrected chi connectivity index (χ0v) is 13.9. The van der Waals surface area contributed by atoms with E-state index in [1.54, 1.807) is 42.6 Å². The molecule has 2 N–H and O–H groups in total. The van der Waals surface area contributed by atoms with Gasteiger partial charge in [0, 0.05) is 11.2 Å². The number of nitrogens with zero attached hydrogens (tertiary/aromatic N) is 1. The van der Waals surface area contributed by atoms with E-state index in [1.807, 2.05) is 6.92 Å². The Bertz CT molecular complexity index is 902. The van der Waals surface area contributed by atoms with Crippen molar-refractivity contribution in [2.24, 2.45) is 0 Å². The Hall–Kier alpha value is -1.83. The van der Waals surface area contributed by atoms with Crippen molar-refractivity contribution in [1.29, 1.82) is 0 Å². The van der Waals surface area contributed by atoms with Crippen molar-refractivity contribution >= 4 is 38.6 Å². The van der Waals surface area contributed by atoms with Crippen LogP contribution >= 0.6 is 22.9 Å². The molecule has 22 heavy (non-hydrogen) atoms. The maximum Gasteiger partial charge on any atom is 0.271 e. The number of nitrogens with one attached hydrogen (secondary N) is 2. The van der Waals surface area contributed by atoms with E-state index >= 15 is 0 Å². The summed E-state index contributed by atoms with van der Waals surface area (Å²) in [6.07, 6.45) is 1.62. The number of anilines is 1. The van der Waals surface area contributed by atoms with Crippen LogP contribution < -0.4 is 4.72 Å². The lowest BCUT2D eigenvalue weighted by Gasteiger charge is -2.09. The second kappa shape index (κ2) is 5.75. The molecule has 8 heteroatoms. The molecule has 2 aromatic heterocycles. The van der Waals surface area contributed by atoms with E-state index in [0.717, 1.165) is 16.1 Å². The number of benzene rings is 1. The molecule has 0 unspecified atom stereocenters. The van der Waals surface area contributed by atoms with E-state index in [-0.39, 0.29) is 4.21 Å². The molecule has 3 rings (SSSR count). The van der Waals surface area contributed by atoms with Crippen LogP contribution in [0.3, 0.4) is 0 Å². The third kappa shape index (κ3) is 3.01. The van der Waals surface area contributed by atoms with Crippen LogP contribution in [0.15, 0.2) is 46.8 Å². The van der Waals surface area contributed by atoms with Crippen molar-refractivity contribution in [3.8, 4) is 10.6 Å². The first-order chi connectivity index (χ1) is 10.5. The summed E-state index contributed by atoms with van der Waals surface area (Å²) in [6, 6.07) is 10.2. The van der Waals surface area contributed by atoms with Crippen LogP contribution in [0.5, 0.6) is 0 Å². The van der Waals surface area contributed by atoms with E-state index in [4.69, 9.17) is 11.6 Å². The van der Waals surface area contributed by atoms with Crippen molar-refractivity contribution in [2.75, 3.05) is 4.72 Å². The summed E-state index contributed by atoms with van der Waals surface area (Å²) >= 11 is 7.09. The van der Waals surface area contributed by atoms with Gasteiger partial charge in [0.25, 0.3) is 10.0 Å². The van der Waals surface area contributed by atoms with E-state index in [0.29, 0.717) is 10.7 Å². The molecule has 0 radical (unpaired) electrons. The van der Waals surface area contributed by atoms with E-state index in [2.05, 4.69) is 14.9 Å². The standard InChI is InChI=1S/C14H12ClN3O2S2/c1-9-2-3-10(15)8-12(9)18-22(19,20)14-5-4-13(21-14)11-6-7-16-17-11/h2-8,18H,1H3,(H,16,17). The Labute approximate surface area is 137 Å². The minimum Gasteiger partial charge on any atom is -0.279 e. The molecule has 0 atom stereocenters. The molecule has 0 aliphatic rings. The fraction of sp³-hybridized carbons (Fsp3) is 0.0714. The monoisotopic (exact) mass is 353 g/mol. The highest BCUT2D eigenvalue weighted by atomic mass is 35.5. The number of aromatic amines is 1. The zero-order chi connectivity index (χ0) is 15.7. The summed E-state index contributed by atoms with van der Waals surface area (Å²) in [7, 11) is -3.65. The summed E-state index contributed by atoms with van der Waals surface area (Å²) in [6.45, 7) is 1.82. The van der Waals surface area contributed by atoms with Crippen molar-refractivity contribution in [2.45, 2.75) is 11.1 Å². The molecule has 2 heterocycles. The molecule has 1 aromatic carbocycles. The van der Waals surface area contributed by atoms with Gasteiger partial charge in [-0.3, -0.25) is 9.82 Å². The Morgan fingerprint density at radius 2 is 2.05 bits per heavy atom. The third-order valence-electron chi connectivity index (χ3n) is 3.06. The first-order valence-corrected chi connectivity index (χ1v) is 9.02. The van der Waals surface area contributed by atoms with Crippen LogP contribution in [0.1, 0.15) is 5.56 Å². The van der Waals surface area contributed by atoms with Crippen molar-refractivity contribution in [1.82, 2.24) is 10.2 Å². The summed E-state index contributed by atoms with van der Waals surface area (Å²) in [5.41, 5.74) is 2.06. The van der Waals surface area contributed by atoms with Gasteiger partial charge >= 0.3 is 0 Å². The minimum absolute atomic E-state index is 0.233. The lowest BCUT2D eigenvalue weighted by molar-refractivity contribution is 0.603. The van der Waals surface area contributed by atoms with E-state index in [9.17, 15) is 8.42 Å². The van der Waals surface area contributed by atoms with Crippen LogP contribution in [0, 0.1) is 6.92 Å². The molecule has 0 spiro atoms. The number of halogens is 1. The van der Waals surface area contributed by atoms with Crippen LogP contribution in [0.2, 0.25) is 5.02 Å². The Morgan fingerprint density at radius 1 is 1.23 bits per heavy atom. The minimum atomic E-state index is -3.65. The fourth-order valence-corrected chi connectivity index (χ4v) is 4.48. The van der Waals surface area contributed by atoms with Crippen LogP contribution in [0.4, 0.5) is 5.69 Å². The van der Waals surface area contributed by atoms with Crippen molar-refractivity contribution < 1.29 is 8.42 Å². The zero-order valence-electron chi connectivity index (χ0n) is 11.5. The highest BCUT2D eigenvalue weighted by Gasteiger charge is 2.18. The van der Waals surface area contributed by atoms with E-state index < -0.39 is 10.0 Å². The molecule has 114 valence electrons. The third-order valence-corrected chi connectivity index (χ3v) is 6.27. The van der Waals surface area contributed by atoms with Gasteiger partial charge < -0.3 is 0 Å². The second-order valence-electron chi connectivity index (χ2n) is 4.65. The second-order valence-corrected chi connectivity index (χ2v) is 8.08. The van der Waals surface area contributed by atoms with Gasteiger partial charge in [-0.15, -0.1) is 11.3 Å². The van der Waals surface area contributed by atoms with Gasteiger partial charge in [0.2, 0.25) is 0 Å². The lowest BCUT2D eigenvalue weighted by atomic mass is 10.2. The maximum absolute atomic E-state index is 12.5. The molecule has 0 aliphatic heterocycles. The van der Waals surface area contributed by atoms with Crippen LogP contribution in [-0.2, 0) is 10.0 Å². The molecule has 5 nitrogen and oxygen atoms in total. The quantitative estimate of drug-likeness (QED) is 0.746. The number of hydrogen-bond donors (Lipinski definition) is 2. The van der Waals surface area contributed by atoms with Crippen LogP contribution in [0.25, 0.3) is 10.6 Å². The first-order valence-electron chi connectivity index (χ1n) is 6.34. The summed E-state index contributed by atoms with van der Waals surface area (Å²) in [5.74, 6) is 0. The lowest BCUT2D eigenvalue weighted by Crippen LogP contribution is -2.12. The van der Waals surface area contributed by atoms with Gasteiger partial charge in [-0.25, -0.2) is 8.42 Å². The molecule has 0 fully saturated rings. The predicted molar refractivity (Wildman–Crippen MR) is 88.9 cm³/mol. The fourth-order valence-electron chi connectivity index (χ4n) is 1.90. The highest BCUT2D eigenvalue weighted by Crippen LogP contribution is 2.31. The summed E-state index contributed by atoms with van der Waals surface area (Å²) in [4.78, 5) is 0.806. The van der Waals surface area contributed by atoms with Gasteiger partial charge in [0.1, 0.15) is 4.21 Å². The van der Waals surface area contributed by atoms with Gasteiger partial charge in [-0.05, 0) is 42.8 Å². The molecule has 0 bridgehead atoms. The maximum atomic E-state index is 12.5. The SMILES string of the molecule is Cc1ccc(Cl)cc1NS(=O)(=O)c1ccc(-c2ccn[nH]2)s1. The molecule has 0 aliphatic carbocycles. The number of sulfonamides is 1. The topological polar surface area (TPSA) is 74.8 Å². The normalized spacial score (nSPS) is 11.5. The first kappa shape index (κ1) is 15.1.